The van der Waals surface area contributed by atoms with Crippen molar-refractivity contribution in [3.05, 3.63) is 71.2 Å². The van der Waals surface area contributed by atoms with Crippen LogP contribution in [0.15, 0.2) is 53.1 Å². The fraction of sp³-hybridized carbons (Fsp3) is 0.143. The van der Waals surface area contributed by atoms with E-state index in [9.17, 15) is 0 Å². The molecule has 0 fully saturated rings. The molecular formula is C21H17N2O+. The van der Waals surface area contributed by atoms with E-state index in [0.717, 1.165) is 38.7 Å². The first-order chi connectivity index (χ1) is 12.0. The van der Waals surface area contributed by atoms with Gasteiger partial charge < -0.3 is 4.42 Å². The highest BCUT2D eigenvalue weighted by Crippen LogP contribution is 2.40. The molecule has 0 N–H and O–H groups in total. The number of nitrogens with zero attached hydrogens (tertiary/aromatic N) is 2. The summed E-state index contributed by atoms with van der Waals surface area (Å²) < 4.78 is 16.1. The molecule has 0 radical (unpaired) electrons. The van der Waals surface area contributed by atoms with Crippen LogP contribution in [0.2, 0.25) is 0 Å². The van der Waals surface area contributed by atoms with Crippen molar-refractivity contribution >= 4 is 27.6 Å². The zero-order valence-electron chi connectivity index (χ0n) is 14.8. The predicted octanol–water partition coefficient (Wildman–Crippen LogP) is 5.25. The van der Waals surface area contributed by atoms with Crippen molar-refractivity contribution < 1.29 is 10.4 Å². The monoisotopic (exact) mass is 314 g/mol. The molecule has 0 amide bonds. The molecule has 0 spiro atoms. The highest BCUT2D eigenvalue weighted by Gasteiger charge is 2.21. The van der Waals surface area contributed by atoms with Crippen LogP contribution < -0.4 is 4.57 Å². The third-order valence-corrected chi connectivity index (χ3v) is 4.45. The Morgan fingerprint density at radius 2 is 1.92 bits per heavy atom. The van der Waals surface area contributed by atoms with E-state index in [0.29, 0.717) is 17.3 Å². The van der Waals surface area contributed by atoms with E-state index in [1.807, 2.05) is 42.9 Å². The van der Waals surface area contributed by atoms with E-state index in [4.69, 9.17) is 12.4 Å². The SMILES string of the molecule is [2H]c1c[n+](C)c(-c2c(C)ccc3c2oc2c([N+]#[C-])cccc23)cc1C. The maximum Gasteiger partial charge on any atom is 0.229 e. The lowest BCUT2D eigenvalue weighted by molar-refractivity contribution is -0.660. The molecule has 24 heavy (non-hydrogen) atoms. The molecule has 116 valence electrons. The summed E-state index contributed by atoms with van der Waals surface area (Å²) in [5.74, 6) is 0. The molecule has 0 saturated heterocycles. The largest absolute Gasteiger partial charge is 0.466 e. The van der Waals surface area contributed by atoms with Gasteiger partial charge in [-0.05, 0) is 25.0 Å². The molecular weight excluding hydrogens is 296 g/mol. The van der Waals surface area contributed by atoms with Gasteiger partial charge in [-0.15, -0.1) is 0 Å². The molecule has 4 rings (SSSR count). The number of benzene rings is 2. The van der Waals surface area contributed by atoms with E-state index >= 15 is 0 Å². The van der Waals surface area contributed by atoms with Crippen molar-refractivity contribution in [3.8, 4) is 11.3 Å². The standard InChI is InChI=1S/C21H17N2O/c1-13-10-11-23(4)18(12-13)19-14(2)8-9-16-15-6-5-7-17(22-3)20(15)24-21(16)19/h5-12H,1-2,4H3/q+1/i10D. The fourth-order valence-corrected chi connectivity index (χ4v) is 3.22. The lowest BCUT2D eigenvalue weighted by atomic mass is 10.00. The van der Waals surface area contributed by atoms with Crippen molar-refractivity contribution in [3.63, 3.8) is 0 Å². The number of pyridine rings is 1. The van der Waals surface area contributed by atoms with Gasteiger partial charge in [0.05, 0.1) is 13.5 Å². The van der Waals surface area contributed by atoms with Gasteiger partial charge in [-0.1, -0.05) is 30.3 Å². The molecule has 0 aliphatic carbocycles. The molecule has 0 saturated carbocycles. The zero-order chi connectivity index (χ0) is 17.7. The van der Waals surface area contributed by atoms with Gasteiger partial charge in [0.25, 0.3) is 0 Å². The average molecular weight is 314 g/mol. The molecule has 0 bridgehead atoms. The van der Waals surface area contributed by atoms with Crippen LogP contribution in [0.25, 0.3) is 38.0 Å². The number of rotatable bonds is 1. The highest BCUT2D eigenvalue weighted by atomic mass is 16.3. The number of hydrogen-bond donors (Lipinski definition) is 0. The van der Waals surface area contributed by atoms with Crippen LogP contribution in [0, 0.1) is 20.4 Å². The van der Waals surface area contributed by atoms with E-state index in [2.05, 4.69) is 23.9 Å². The fourth-order valence-electron chi connectivity index (χ4n) is 3.22. The van der Waals surface area contributed by atoms with Crippen molar-refractivity contribution in [1.29, 1.82) is 0 Å². The summed E-state index contributed by atoms with van der Waals surface area (Å²) in [5.41, 5.74) is 5.98. The van der Waals surface area contributed by atoms with Crippen LogP contribution >= 0.6 is 0 Å². The van der Waals surface area contributed by atoms with Crippen molar-refractivity contribution in [2.45, 2.75) is 13.8 Å². The molecule has 2 heterocycles. The van der Waals surface area contributed by atoms with Crippen LogP contribution in [0.4, 0.5) is 5.69 Å². The summed E-state index contributed by atoms with van der Waals surface area (Å²) in [6.45, 7) is 11.4. The van der Waals surface area contributed by atoms with Crippen LogP contribution in [-0.4, -0.2) is 0 Å². The van der Waals surface area contributed by atoms with Gasteiger partial charge in [0, 0.05) is 22.9 Å². The minimum absolute atomic E-state index is 0.510. The van der Waals surface area contributed by atoms with Gasteiger partial charge in [-0.2, -0.15) is 0 Å². The Hall–Kier alpha value is -3.12. The number of para-hydroxylation sites is 1. The predicted molar refractivity (Wildman–Crippen MR) is 96.1 cm³/mol. The van der Waals surface area contributed by atoms with Crippen LogP contribution in [0.3, 0.4) is 0 Å². The quantitative estimate of drug-likeness (QED) is 0.347. The summed E-state index contributed by atoms with van der Waals surface area (Å²) in [6, 6.07) is 12.3. The first kappa shape index (κ1) is 13.3. The number of furan rings is 1. The Bertz CT molecular complexity index is 1200. The second-order valence-electron chi connectivity index (χ2n) is 6.10. The van der Waals surface area contributed by atoms with Gasteiger partial charge in [-0.25, -0.2) is 9.41 Å². The normalized spacial score (nSPS) is 11.7. The lowest BCUT2D eigenvalue weighted by Crippen LogP contribution is -2.30. The van der Waals surface area contributed by atoms with Crippen LogP contribution in [0.1, 0.15) is 12.5 Å². The average Bonchev–Trinajstić information content (AvgIpc) is 2.97. The summed E-state index contributed by atoms with van der Waals surface area (Å²) in [4.78, 5) is 3.59. The topological polar surface area (TPSA) is 21.4 Å². The van der Waals surface area contributed by atoms with Gasteiger partial charge in [0.15, 0.2) is 6.20 Å². The van der Waals surface area contributed by atoms with Crippen molar-refractivity contribution in [2.24, 2.45) is 7.05 Å². The van der Waals surface area contributed by atoms with Crippen molar-refractivity contribution in [1.82, 2.24) is 0 Å². The van der Waals surface area contributed by atoms with Crippen molar-refractivity contribution in [2.75, 3.05) is 0 Å². The Kier molecular flexibility index (Phi) is 2.89. The molecule has 0 aliphatic rings. The molecule has 2 aromatic heterocycles. The van der Waals surface area contributed by atoms with Gasteiger partial charge >= 0.3 is 0 Å². The third-order valence-electron chi connectivity index (χ3n) is 4.45. The second kappa shape index (κ2) is 5.21. The molecule has 3 heteroatoms. The second-order valence-corrected chi connectivity index (χ2v) is 6.10. The minimum atomic E-state index is 0.510. The first-order valence-electron chi connectivity index (χ1n) is 8.31. The number of aryl methyl sites for hydroxylation is 3. The zero-order valence-corrected chi connectivity index (χ0v) is 13.8. The summed E-state index contributed by atoms with van der Waals surface area (Å²) in [5, 5.41) is 1.97. The number of fused-ring (bicyclic) bond motifs is 3. The number of aromatic nitrogens is 1. The van der Waals surface area contributed by atoms with Crippen LogP contribution in [0.5, 0.6) is 0 Å². The minimum Gasteiger partial charge on any atom is -0.466 e. The molecule has 0 atom stereocenters. The van der Waals surface area contributed by atoms with E-state index < -0.39 is 0 Å². The smallest absolute Gasteiger partial charge is 0.229 e. The molecule has 0 aliphatic heterocycles. The van der Waals surface area contributed by atoms with E-state index in [-0.39, 0.29) is 0 Å². The highest BCUT2D eigenvalue weighted by molar-refractivity contribution is 6.12. The third kappa shape index (κ3) is 2.00. The molecule has 2 aromatic carbocycles. The summed E-state index contributed by atoms with van der Waals surface area (Å²) in [6.07, 6.45) is 1.82. The van der Waals surface area contributed by atoms with Gasteiger partial charge in [0.1, 0.15) is 18.2 Å². The molecule has 3 nitrogen and oxygen atoms in total. The van der Waals surface area contributed by atoms with Gasteiger partial charge in [-0.3, -0.25) is 0 Å². The first-order valence-corrected chi connectivity index (χ1v) is 7.81. The summed E-state index contributed by atoms with van der Waals surface area (Å²) in [7, 11) is 1.94. The maximum absolute atomic E-state index is 8.00. The van der Waals surface area contributed by atoms with Gasteiger partial charge in [0.2, 0.25) is 11.4 Å². The summed E-state index contributed by atoms with van der Waals surface area (Å²) >= 11 is 0. The lowest BCUT2D eigenvalue weighted by Gasteiger charge is -2.06. The molecule has 0 unspecified atom stereocenters. The Balaban J connectivity index is 2.17. The van der Waals surface area contributed by atoms with Crippen LogP contribution in [-0.2, 0) is 7.05 Å². The van der Waals surface area contributed by atoms with E-state index in [1.54, 1.807) is 6.07 Å². The Morgan fingerprint density at radius 1 is 1.12 bits per heavy atom. The Labute approximate surface area is 142 Å². The van der Waals surface area contributed by atoms with E-state index in [1.165, 1.54) is 0 Å². The number of hydrogen-bond acceptors (Lipinski definition) is 1. The Morgan fingerprint density at radius 3 is 2.71 bits per heavy atom. The maximum atomic E-state index is 8.00. The molecule has 4 aromatic rings.